The van der Waals surface area contributed by atoms with Gasteiger partial charge in [0.15, 0.2) is 0 Å². The largest absolute Gasteiger partial charge is 0.444 e. The molecule has 0 radical (unpaired) electrons. The molecule has 0 unspecified atom stereocenters. The van der Waals surface area contributed by atoms with Crippen molar-refractivity contribution in [3.05, 3.63) is 87.1 Å². The molecule has 1 saturated heterocycles. The molecule has 5 aromatic rings. The topological polar surface area (TPSA) is 92.1 Å². The molecule has 10 nitrogen and oxygen atoms in total. The van der Waals surface area contributed by atoms with Crippen LogP contribution in [0.1, 0.15) is 67.6 Å². The Bertz CT molecular complexity index is 2020. The smallest absolute Gasteiger partial charge is 0.411 e. The summed E-state index contributed by atoms with van der Waals surface area (Å²) in [5, 5.41) is 10.4. The molecule has 5 heterocycles. The third-order valence-corrected chi connectivity index (χ3v) is 8.94. The van der Waals surface area contributed by atoms with Gasteiger partial charge in [0.1, 0.15) is 17.2 Å². The third-order valence-electron chi connectivity index (χ3n) is 8.94. The Balaban J connectivity index is 1.44. The van der Waals surface area contributed by atoms with Crippen LogP contribution >= 0.6 is 0 Å². The van der Waals surface area contributed by atoms with Crippen molar-refractivity contribution in [1.82, 2.24) is 33.6 Å². The summed E-state index contributed by atoms with van der Waals surface area (Å²) in [7, 11) is 1.89. The lowest BCUT2D eigenvalue weighted by molar-refractivity contribution is 0.0124. The highest BCUT2D eigenvalue weighted by Crippen LogP contribution is 2.47. The van der Waals surface area contributed by atoms with E-state index in [1.54, 1.807) is 52.2 Å². The first kappa shape index (κ1) is 28.1. The van der Waals surface area contributed by atoms with E-state index in [2.05, 4.69) is 5.10 Å². The highest BCUT2D eigenvalue weighted by molar-refractivity contribution is 5.85. The van der Waals surface area contributed by atoms with Crippen molar-refractivity contribution in [2.75, 3.05) is 0 Å². The number of hydrogen-bond donors (Lipinski definition) is 0. The summed E-state index contributed by atoms with van der Waals surface area (Å²) in [6.45, 7) is 11.0. The van der Waals surface area contributed by atoms with Crippen LogP contribution in [0.25, 0.3) is 28.1 Å². The molecule has 3 aromatic heterocycles. The molecule has 1 fully saturated rings. The first-order valence-electron chi connectivity index (χ1n) is 15.0. The normalized spacial score (nSPS) is 17.9. The number of nitrogens with zero attached hydrogens (tertiary/aromatic N) is 7. The van der Waals surface area contributed by atoms with Gasteiger partial charge in [0.05, 0.1) is 34.8 Å². The molecule has 2 atom stereocenters. The molecule has 2 aliphatic heterocycles. The quantitative estimate of drug-likeness (QED) is 0.264. The number of aromatic nitrogens is 6. The summed E-state index contributed by atoms with van der Waals surface area (Å²) in [4.78, 5) is 29.6. The zero-order chi connectivity index (χ0) is 31.2. The summed E-state index contributed by atoms with van der Waals surface area (Å²) < 4.78 is 27.3. The number of carbonyl (C=O) groups excluding carboxylic acids is 1. The molecule has 1 amide bonds. The molecule has 0 aliphatic carbocycles. The lowest BCUT2D eigenvalue weighted by Crippen LogP contribution is -2.44. The number of hydrogen-bond acceptors (Lipinski definition) is 5. The first-order chi connectivity index (χ1) is 20.8. The zero-order valence-electron chi connectivity index (χ0n) is 26.1. The molecule has 0 spiro atoms. The van der Waals surface area contributed by atoms with Crippen LogP contribution in [-0.4, -0.2) is 51.3 Å². The second kappa shape index (κ2) is 9.67. The second-order valence-electron chi connectivity index (χ2n) is 13.1. The van der Waals surface area contributed by atoms with Gasteiger partial charge in [0.25, 0.3) is 0 Å². The van der Waals surface area contributed by atoms with Crippen molar-refractivity contribution in [3.63, 3.8) is 0 Å². The summed E-state index contributed by atoms with van der Waals surface area (Å²) >= 11 is 0. The fourth-order valence-corrected chi connectivity index (χ4v) is 6.93. The summed E-state index contributed by atoms with van der Waals surface area (Å²) in [5.74, 6) is 0.278. The van der Waals surface area contributed by atoms with Crippen LogP contribution in [-0.2, 0) is 18.2 Å². The van der Waals surface area contributed by atoms with Crippen LogP contribution in [0, 0.1) is 26.6 Å². The highest BCUT2D eigenvalue weighted by Gasteiger charge is 2.48. The van der Waals surface area contributed by atoms with Crippen LogP contribution in [0.15, 0.2) is 47.7 Å². The lowest BCUT2D eigenvalue weighted by atomic mass is 9.99. The van der Waals surface area contributed by atoms with E-state index in [-0.39, 0.29) is 29.7 Å². The molecule has 2 aromatic carbocycles. The van der Waals surface area contributed by atoms with Gasteiger partial charge >= 0.3 is 11.8 Å². The van der Waals surface area contributed by atoms with E-state index in [0.29, 0.717) is 29.1 Å². The van der Waals surface area contributed by atoms with Crippen molar-refractivity contribution in [1.29, 1.82) is 0 Å². The van der Waals surface area contributed by atoms with Crippen LogP contribution in [0.3, 0.4) is 0 Å². The fourth-order valence-electron chi connectivity index (χ4n) is 6.93. The maximum absolute atomic E-state index is 14.7. The predicted octanol–water partition coefficient (Wildman–Crippen LogP) is 5.76. The van der Waals surface area contributed by atoms with E-state index in [4.69, 9.17) is 9.84 Å². The second-order valence-corrected chi connectivity index (χ2v) is 13.1. The summed E-state index contributed by atoms with van der Waals surface area (Å²) in [6.07, 6.45) is 7.01. The van der Waals surface area contributed by atoms with Crippen molar-refractivity contribution < 1.29 is 13.9 Å². The monoisotopic (exact) mass is 597 g/mol. The van der Waals surface area contributed by atoms with Crippen LogP contribution in [0.4, 0.5) is 9.18 Å². The van der Waals surface area contributed by atoms with E-state index < -0.39 is 5.60 Å². The molecule has 11 heteroatoms. The van der Waals surface area contributed by atoms with Crippen LogP contribution < -0.4 is 5.69 Å². The Kier molecular flexibility index (Phi) is 6.18. The standard InChI is InChI=1S/C33H36FN7O3/c1-18-14-22(15-19(2)29(18)34)41-30(28-24(36-41)16-21-8-9-27(28)40(21)32(43)44-33(4,5)6)39-13-12-38(31(39)42)25-10-11-26-23(20(25)3)17-35-37(26)7/h10-15,17,21,27H,8-9,16H2,1-7H3/t21-,27+/m1/s1. The fraction of sp³-hybridized carbons (Fsp3) is 0.394. The number of carbonyl (C=O) groups is 1. The predicted molar refractivity (Wildman–Crippen MR) is 164 cm³/mol. The Morgan fingerprint density at radius 1 is 1.05 bits per heavy atom. The van der Waals surface area contributed by atoms with Crippen LogP contribution in [0.5, 0.6) is 0 Å². The summed E-state index contributed by atoms with van der Waals surface area (Å²) in [5.41, 5.74) is 5.02. The van der Waals surface area contributed by atoms with Gasteiger partial charge < -0.3 is 4.74 Å². The van der Waals surface area contributed by atoms with Crippen molar-refractivity contribution in [3.8, 4) is 17.2 Å². The average molecular weight is 598 g/mol. The zero-order valence-corrected chi connectivity index (χ0v) is 26.1. The van der Waals surface area contributed by atoms with E-state index in [1.165, 1.54) is 0 Å². The van der Waals surface area contributed by atoms with E-state index >= 15 is 0 Å². The number of amides is 1. The molecular weight excluding hydrogens is 561 g/mol. The van der Waals surface area contributed by atoms with Crippen molar-refractivity contribution in [2.45, 2.75) is 78.5 Å². The van der Waals surface area contributed by atoms with E-state index in [1.807, 2.05) is 62.7 Å². The maximum atomic E-state index is 14.7. The molecule has 0 saturated carbocycles. The molecule has 0 N–H and O–H groups in total. The van der Waals surface area contributed by atoms with Gasteiger partial charge in [-0.25, -0.2) is 18.7 Å². The minimum absolute atomic E-state index is 0.0505. The SMILES string of the molecule is Cc1cc(-n2nc3c(c2-n2ccn(-c4ccc5c(cnn5C)c4C)c2=O)[C@@H]2CC[C@H](C3)N2C(=O)OC(C)(C)C)cc(C)c1F. The number of ether oxygens (including phenoxy) is 1. The van der Waals surface area contributed by atoms with Crippen molar-refractivity contribution >= 4 is 17.0 Å². The van der Waals surface area contributed by atoms with Gasteiger partial charge in [0.2, 0.25) is 0 Å². The van der Waals surface area contributed by atoms with E-state index in [0.717, 1.165) is 46.3 Å². The molecule has 2 aliphatic rings. The van der Waals surface area contributed by atoms with Gasteiger partial charge in [-0.1, -0.05) is 0 Å². The molecule has 44 heavy (non-hydrogen) atoms. The Morgan fingerprint density at radius 2 is 1.75 bits per heavy atom. The maximum Gasteiger partial charge on any atom is 0.411 e. The lowest BCUT2D eigenvalue weighted by Gasteiger charge is -2.35. The summed E-state index contributed by atoms with van der Waals surface area (Å²) in [6, 6.07) is 7.02. The Hall–Kier alpha value is -4.67. The minimum Gasteiger partial charge on any atom is -0.444 e. The van der Waals surface area contributed by atoms with Crippen molar-refractivity contribution in [2.24, 2.45) is 7.05 Å². The Morgan fingerprint density at radius 3 is 2.45 bits per heavy atom. The number of imidazole rings is 1. The molecule has 2 bridgehead atoms. The van der Waals surface area contributed by atoms with E-state index in [9.17, 15) is 14.0 Å². The third kappa shape index (κ3) is 4.20. The number of aryl methyl sites for hydroxylation is 4. The molecular formula is C33H36FN7O3. The number of rotatable bonds is 3. The van der Waals surface area contributed by atoms with Gasteiger partial charge in [-0.15, -0.1) is 0 Å². The van der Waals surface area contributed by atoms with Gasteiger partial charge in [0, 0.05) is 42.9 Å². The average Bonchev–Trinajstić information content (AvgIpc) is 3.70. The molecule has 7 rings (SSSR count). The van der Waals surface area contributed by atoms with Gasteiger partial charge in [-0.3, -0.25) is 18.7 Å². The minimum atomic E-state index is -0.644. The highest BCUT2D eigenvalue weighted by atomic mass is 19.1. The van der Waals surface area contributed by atoms with Gasteiger partial charge in [-0.2, -0.15) is 10.2 Å². The number of fused-ring (bicyclic) bond motifs is 5. The Labute approximate surface area is 254 Å². The van der Waals surface area contributed by atoms with Crippen LogP contribution in [0.2, 0.25) is 0 Å². The first-order valence-corrected chi connectivity index (χ1v) is 15.0. The number of halogens is 1. The van der Waals surface area contributed by atoms with Gasteiger partial charge in [-0.05, 0) is 95.3 Å². The number of benzene rings is 2. The molecule has 228 valence electrons.